The quantitative estimate of drug-likeness (QED) is 0.350. The lowest BCUT2D eigenvalue weighted by atomic mass is 10.1. The first-order chi connectivity index (χ1) is 15.0. The number of benzene rings is 1. The molecule has 166 valence electrons. The Kier molecular flexibility index (Phi) is 8.96. The number of methoxy groups -OCH3 is 1. The molecule has 0 atom stereocenters. The van der Waals surface area contributed by atoms with Crippen molar-refractivity contribution < 1.29 is 27.9 Å². The van der Waals surface area contributed by atoms with Crippen LogP contribution in [0, 0.1) is 5.95 Å². The average molecular weight is 451 g/mol. The molecule has 0 bridgehead atoms. The maximum atomic E-state index is 13.2. The summed E-state index contributed by atoms with van der Waals surface area (Å²) in [6, 6.07) is 7.16. The van der Waals surface area contributed by atoms with Gasteiger partial charge in [0.05, 0.1) is 19.8 Å². The summed E-state index contributed by atoms with van der Waals surface area (Å²) in [5, 5.41) is 0.859. The van der Waals surface area contributed by atoms with Gasteiger partial charge in [-0.05, 0) is 37.3 Å². The van der Waals surface area contributed by atoms with Gasteiger partial charge in [0.25, 0.3) is 0 Å². The van der Waals surface area contributed by atoms with Crippen molar-refractivity contribution in [1.29, 1.82) is 0 Å². The van der Waals surface area contributed by atoms with Gasteiger partial charge in [-0.25, -0.2) is 9.78 Å². The standard InChI is InChI=1S/C20H18ClFN2O5.C2H6/c1-3-28-20(26)24(8-9-27-2)17-14-10-13(21)5-6-15(14)29-19(17)18(25)12-4-7-16(22)23-11-12;1-2/h4-7,10-11H,3,8-9H2,1-2H3;1-2H3. The number of ether oxygens (including phenoxy) is 2. The fourth-order valence-electron chi connectivity index (χ4n) is 2.80. The highest BCUT2D eigenvalue weighted by molar-refractivity contribution is 6.31. The molecule has 3 aromatic rings. The summed E-state index contributed by atoms with van der Waals surface area (Å²) >= 11 is 6.13. The van der Waals surface area contributed by atoms with E-state index in [0.29, 0.717) is 16.0 Å². The van der Waals surface area contributed by atoms with Crippen molar-refractivity contribution in [2.75, 3.05) is 31.8 Å². The Balaban J connectivity index is 0.00000166. The molecule has 1 amide bonds. The minimum absolute atomic E-state index is 0.105. The number of hydrogen-bond acceptors (Lipinski definition) is 6. The van der Waals surface area contributed by atoms with Gasteiger partial charge in [-0.2, -0.15) is 4.39 Å². The minimum Gasteiger partial charge on any atom is -0.450 e. The molecule has 31 heavy (non-hydrogen) atoms. The van der Waals surface area contributed by atoms with Crippen molar-refractivity contribution in [1.82, 2.24) is 4.98 Å². The van der Waals surface area contributed by atoms with Gasteiger partial charge in [0.15, 0.2) is 5.76 Å². The Hall–Kier alpha value is -2.97. The monoisotopic (exact) mass is 450 g/mol. The van der Waals surface area contributed by atoms with E-state index in [1.807, 2.05) is 13.8 Å². The summed E-state index contributed by atoms with van der Waals surface area (Å²) in [6.07, 6.45) is 0.435. The summed E-state index contributed by atoms with van der Waals surface area (Å²) in [5.74, 6) is -1.39. The molecular formula is C22H24ClFN2O5. The third-order valence-corrected chi connectivity index (χ3v) is 4.33. The number of carbonyl (C=O) groups excluding carboxylic acids is 2. The molecular weight excluding hydrogens is 427 g/mol. The summed E-state index contributed by atoms with van der Waals surface area (Å²) < 4.78 is 29.2. The number of aromatic nitrogens is 1. The van der Waals surface area contributed by atoms with Gasteiger partial charge in [0.1, 0.15) is 11.3 Å². The molecule has 9 heteroatoms. The van der Waals surface area contributed by atoms with Crippen LogP contribution in [0.25, 0.3) is 11.0 Å². The van der Waals surface area contributed by atoms with E-state index < -0.39 is 17.8 Å². The Labute approximate surface area is 184 Å². The highest BCUT2D eigenvalue weighted by Crippen LogP contribution is 2.37. The number of fused-ring (bicyclic) bond motifs is 1. The summed E-state index contributed by atoms with van der Waals surface area (Å²) in [5.41, 5.74) is 0.662. The van der Waals surface area contributed by atoms with E-state index in [1.54, 1.807) is 25.1 Å². The summed E-state index contributed by atoms with van der Waals surface area (Å²) in [6.45, 7) is 6.12. The summed E-state index contributed by atoms with van der Waals surface area (Å²) in [4.78, 5) is 30.5. The molecule has 1 aromatic carbocycles. The van der Waals surface area contributed by atoms with Crippen LogP contribution in [-0.4, -0.2) is 43.7 Å². The van der Waals surface area contributed by atoms with Gasteiger partial charge < -0.3 is 13.9 Å². The van der Waals surface area contributed by atoms with Gasteiger partial charge in [-0.15, -0.1) is 0 Å². The van der Waals surface area contributed by atoms with Crippen LogP contribution in [0.3, 0.4) is 0 Å². The zero-order valence-electron chi connectivity index (χ0n) is 17.8. The number of ketones is 1. The Morgan fingerprint density at radius 2 is 1.97 bits per heavy atom. The number of anilines is 1. The smallest absolute Gasteiger partial charge is 0.414 e. The Morgan fingerprint density at radius 1 is 1.23 bits per heavy atom. The lowest BCUT2D eigenvalue weighted by Gasteiger charge is -2.21. The third-order valence-electron chi connectivity index (χ3n) is 4.10. The maximum absolute atomic E-state index is 13.2. The van der Waals surface area contributed by atoms with E-state index in [1.165, 1.54) is 18.1 Å². The van der Waals surface area contributed by atoms with E-state index >= 15 is 0 Å². The molecule has 0 saturated heterocycles. The van der Waals surface area contributed by atoms with Gasteiger partial charge in [-0.1, -0.05) is 25.4 Å². The molecule has 2 aromatic heterocycles. The number of hydrogen-bond donors (Lipinski definition) is 0. The van der Waals surface area contributed by atoms with Crippen molar-refractivity contribution in [2.45, 2.75) is 20.8 Å². The van der Waals surface area contributed by atoms with Crippen LogP contribution in [-0.2, 0) is 9.47 Å². The molecule has 0 aliphatic carbocycles. The van der Waals surface area contributed by atoms with Crippen LogP contribution >= 0.6 is 11.6 Å². The molecule has 2 heterocycles. The second-order valence-electron chi connectivity index (χ2n) is 5.96. The molecule has 0 saturated carbocycles. The van der Waals surface area contributed by atoms with Gasteiger partial charge in [-0.3, -0.25) is 9.69 Å². The summed E-state index contributed by atoms with van der Waals surface area (Å²) in [7, 11) is 1.49. The highest BCUT2D eigenvalue weighted by Gasteiger charge is 2.30. The van der Waals surface area contributed by atoms with Crippen LogP contribution in [0.5, 0.6) is 0 Å². The SMILES string of the molecule is CC.CCOC(=O)N(CCOC)c1c(C(=O)c2ccc(F)nc2)oc2ccc(Cl)cc12. The number of amides is 1. The van der Waals surface area contributed by atoms with E-state index in [0.717, 1.165) is 12.3 Å². The fourth-order valence-corrected chi connectivity index (χ4v) is 2.97. The minimum atomic E-state index is -0.716. The second kappa shape index (κ2) is 11.4. The number of furan rings is 1. The number of carbonyl (C=O) groups is 2. The number of nitrogens with zero attached hydrogens (tertiary/aromatic N) is 2. The van der Waals surface area contributed by atoms with E-state index in [-0.39, 0.29) is 36.8 Å². The molecule has 0 unspecified atom stereocenters. The zero-order valence-corrected chi connectivity index (χ0v) is 18.5. The van der Waals surface area contributed by atoms with E-state index in [9.17, 15) is 14.0 Å². The molecule has 0 aliphatic rings. The first kappa shape index (κ1) is 24.3. The Morgan fingerprint density at radius 3 is 2.58 bits per heavy atom. The predicted molar refractivity (Wildman–Crippen MR) is 116 cm³/mol. The van der Waals surface area contributed by atoms with Crippen LogP contribution in [0.4, 0.5) is 14.9 Å². The van der Waals surface area contributed by atoms with Crippen molar-refractivity contribution >= 4 is 40.1 Å². The molecule has 0 spiro atoms. The number of halogens is 2. The zero-order chi connectivity index (χ0) is 23.0. The molecule has 0 aliphatic heterocycles. The lowest BCUT2D eigenvalue weighted by molar-refractivity contribution is 0.101. The van der Waals surface area contributed by atoms with Gasteiger partial charge in [0, 0.05) is 29.3 Å². The molecule has 0 radical (unpaired) electrons. The van der Waals surface area contributed by atoms with Gasteiger partial charge >= 0.3 is 6.09 Å². The first-order valence-corrected chi connectivity index (χ1v) is 10.2. The van der Waals surface area contributed by atoms with Crippen LogP contribution in [0.15, 0.2) is 40.9 Å². The van der Waals surface area contributed by atoms with Crippen LogP contribution < -0.4 is 4.90 Å². The van der Waals surface area contributed by atoms with E-state index in [4.69, 9.17) is 25.5 Å². The van der Waals surface area contributed by atoms with E-state index in [2.05, 4.69) is 4.98 Å². The van der Waals surface area contributed by atoms with Crippen molar-refractivity contribution in [3.63, 3.8) is 0 Å². The molecule has 0 fully saturated rings. The number of pyridine rings is 1. The predicted octanol–water partition coefficient (Wildman–Crippen LogP) is 5.49. The molecule has 3 rings (SSSR count). The average Bonchev–Trinajstić information content (AvgIpc) is 3.14. The van der Waals surface area contributed by atoms with Gasteiger partial charge in [0.2, 0.25) is 11.7 Å². The number of rotatable bonds is 7. The normalized spacial score (nSPS) is 10.4. The Bertz CT molecular complexity index is 1040. The maximum Gasteiger partial charge on any atom is 0.414 e. The molecule has 0 N–H and O–H groups in total. The molecule has 7 nitrogen and oxygen atoms in total. The van der Waals surface area contributed by atoms with Crippen LogP contribution in [0.1, 0.15) is 36.9 Å². The fraction of sp³-hybridized carbons (Fsp3) is 0.318. The van der Waals surface area contributed by atoms with Crippen LogP contribution in [0.2, 0.25) is 5.02 Å². The lowest BCUT2D eigenvalue weighted by Crippen LogP contribution is -2.35. The topological polar surface area (TPSA) is 81.9 Å². The largest absolute Gasteiger partial charge is 0.450 e. The van der Waals surface area contributed by atoms with Crippen molar-refractivity contribution in [3.8, 4) is 0 Å². The first-order valence-electron chi connectivity index (χ1n) is 9.77. The second-order valence-corrected chi connectivity index (χ2v) is 6.40. The highest BCUT2D eigenvalue weighted by atomic mass is 35.5. The third kappa shape index (κ3) is 5.59. The van der Waals surface area contributed by atoms with Crippen molar-refractivity contribution in [3.05, 3.63) is 58.8 Å². The van der Waals surface area contributed by atoms with Crippen molar-refractivity contribution in [2.24, 2.45) is 0 Å².